The molecule has 0 atom stereocenters. The molecule has 0 aliphatic rings. The molecule has 2 aromatic carbocycles. The zero-order valence-corrected chi connectivity index (χ0v) is 15.1. The Morgan fingerprint density at radius 3 is 2.56 bits per heavy atom. The van der Waals surface area contributed by atoms with Crippen LogP contribution in [-0.2, 0) is 11.4 Å². The van der Waals surface area contributed by atoms with Crippen LogP contribution >= 0.6 is 0 Å². The molecule has 5 nitrogen and oxygen atoms in total. The molecule has 0 aliphatic heterocycles. The second kappa shape index (κ2) is 9.57. The Kier molecular flexibility index (Phi) is 6.63. The first kappa shape index (κ1) is 18.7. The Bertz CT molecular complexity index is 880. The maximum Gasteiger partial charge on any atom is 0.303 e. The first-order chi connectivity index (χ1) is 13.2. The van der Waals surface area contributed by atoms with Crippen LogP contribution in [0.2, 0.25) is 0 Å². The molecule has 1 heterocycles. The number of hydrogen-bond donors (Lipinski definition) is 1. The zero-order chi connectivity index (χ0) is 18.9. The molecule has 5 heteroatoms. The van der Waals surface area contributed by atoms with Gasteiger partial charge in [0.15, 0.2) is 0 Å². The molecular formula is C22H23NO4. The van der Waals surface area contributed by atoms with Crippen LogP contribution in [0.15, 0.2) is 60.8 Å². The summed E-state index contributed by atoms with van der Waals surface area (Å²) in [5.74, 6) is 0.741. The van der Waals surface area contributed by atoms with Gasteiger partial charge in [0.2, 0.25) is 0 Å². The van der Waals surface area contributed by atoms with E-state index in [1.165, 1.54) is 0 Å². The first-order valence-corrected chi connectivity index (χ1v) is 9.13. The van der Waals surface area contributed by atoms with Crippen molar-refractivity contribution in [2.24, 2.45) is 0 Å². The minimum Gasteiger partial charge on any atom is -0.493 e. The van der Waals surface area contributed by atoms with Crippen LogP contribution in [0.5, 0.6) is 11.5 Å². The summed E-state index contributed by atoms with van der Waals surface area (Å²) in [4.78, 5) is 15.0. The van der Waals surface area contributed by atoms with Crippen molar-refractivity contribution < 1.29 is 19.4 Å². The highest BCUT2D eigenvalue weighted by molar-refractivity contribution is 5.89. The Morgan fingerprint density at radius 2 is 1.74 bits per heavy atom. The quantitative estimate of drug-likeness (QED) is 0.521. The number of para-hydroxylation sites is 1. The topological polar surface area (TPSA) is 68.7 Å². The summed E-state index contributed by atoms with van der Waals surface area (Å²) in [5.41, 5.74) is 1.88. The molecule has 3 aromatic rings. The fourth-order valence-corrected chi connectivity index (χ4v) is 2.84. The summed E-state index contributed by atoms with van der Waals surface area (Å²) in [6.07, 6.45) is 4.26. The third-order valence-electron chi connectivity index (χ3n) is 4.22. The molecule has 0 amide bonds. The van der Waals surface area contributed by atoms with Crippen LogP contribution in [-0.4, -0.2) is 22.7 Å². The van der Waals surface area contributed by atoms with E-state index in [1.54, 1.807) is 6.20 Å². The third kappa shape index (κ3) is 5.45. The maximum atomic E-state index is 10.5. The van der Waals surface area contributed by atoms with Gasteiger partial charge in [-0.3, -0.25) is 9.78 Å². The lowest BCUT2D eigenvalue weighted by Crippen LogP contribution is -2.01. The van der Waals surface area contributed by atoms with Gasteiger partial charge in [0, 0.05) is 18.0 Å². The number of aromatic nitrogens is 1. The molecule has 3 rings (SSSR count). The van der Waals surface area contributed by atoms with E-state index in [-0.39, 0.29) is 6.42 Å². The fraction of sp³-hybridized carbons (Fsp3) is 0.273. The smallest absolute Gasteiger partial charge is 0.303 e. The summed E-state index contributed by atoms with van der Waals surface area (Å²) in [6.45, 7) is 1.03. The number of carboxylic acid groups (broad SMARTS) is 1. The number of carboxylic acids is 1. The second-order valence-electron chi connectivity index (χ2n) is 6.29. The number of pyridine rings is 1. The molecule has 0 unspecified atom stereocenters. The number of unbranched alkanes of at least 4 members (excludes halogenated alkanes) is 2. The lowest BCUT2D eigenvalue weighted by molar-refractivity contribution is -0.137. The van der Waals surface area contributed by atoms with Crippen LogP contribution < -0.4 is 9.47 Å². The van der Waals surface area contributed by atoms with Crippen molar-refractivity contribution in [3.8, 4) is 11.5 Å². The minimum atomic E-state index is -0.751. The van der Waals surface area contributed by atoms with E-state index in [0.717, 1.165) is 40.8 Å². The Hall–Kier alpha value is -3.08. The van der Waals surface area contributed by atoms with Crippen molar-refractivity contribution in [3.05, 3.63) is 66.4 Å². The van der Waals surface area contributed by atoms with Crippen molar-refractivity contribution in [2.75, 3.05) is 6.61 Å². The number of fused-ring (bicyclic) bond motifs is 1. The molecule has 0 saturated heterocycles. The van der Waals surface area contributed by atoms with Gasteiger partial charge >= 0.3 is 5.97 Å². The Labute approximate surface area is 158 Å². The van der Waals surface area contributed by atoms with Gasteiger partial charge in [-0.15, -0.1) is 0 Å². The molecule has 140 valence electrons. The number of benzene rings is 2. The van der Waals surface area contributed by atoms with Crippen LogP contribution in [0.4, 0.5) is 0 Å². The molecule has 1 aromatic heterocycles. The van der Waals surface area contributed by atoms with Crippen molar-refractivity contribution in [3.63, 3.8) is 0 Å². The fourth-order valence-electron chi connectivity index (χ4n) is 2.84. The molecular weight excluding hydrogens is 342 g/mol. The van der Waals surface area contributed by atoms with Crippen LogP contribution in [0.3, 0.4) is 0 Å². The van der Waals surface area contributed by atoms with E-state index in [0.29, 0.717) is 19.6 Å². The van der Waals surface area contributed by atoms with Gasteiger partial charge in [-0.05, 0) is 43.0 Å². The summed E-state index contributed by atoms with van der Waals surface area (Å²) in [6, 6.07) is 17.7. The molecule has 0 radical (unpaired) electrons. The normalized spacial score (nSPS) is 10.7. The summed E-state index contributed by atoms with van der Waals surface area (Å²) in [5, 5.41) is 9.57. The van der Waals surface area contributed by atoms with E-state index in [2.05, 4.69) is 4.98 Å². The summed E-state index contributed by atoms with van der Waals surface area (Å²) >= 11 is 0. The minimum absolute atomic E-state index is 0.209. The number of hydrogen-bond acceptors (Lipinski definition) is 4. The number of nitrogens with zero attached hydrogens (tertiary/aromatic N) is 1. The molecule has 0 spiro atoms. The molecule has 1 N–H and O–H groups in total. The Balaban J connectivity index is 1.63. The van der Waals surface area contributed by atoms with E-state index in [1.807, 2.05) is 54.6 Å². The predicted molar refractivity (Wildman–Crippen MR) is 104 cm³/mol. The highest BCUT2D eigenvalue weighted by Gasteiger charge is 2.08. The average molecular weight is 365 g/mol. The van der Waals surface area contributed by atoms with Crippen molar-refractivity contribution in [2.45, 2.75) is 32.3 Å². The van der Waals surface area contributed by atoms with Gasteiger partial charge in [0.1, 0.15) is 23.6 Å². The molecule has 0 fully saturated rings. The largest absolute Gasteiger partial charge is 0.493 e. The third-order valence-corrected chi connectivity index (χ3v) is 4.22. The highest BCUT2D eigenvalue weighted by atomic mass is 16.5. The van der Waals surface area contributed by atoms with Crippen molar-refractivity contribution in [1.29, 1.82) is 0 Å². The van der Waals surface area contributed by atoms with Crippen LogP contribution in [0, 0.1) is 0 Å². The van der Waals surface area contributed by atoms with Gasteiger partial charge in [-0.25, -0.2) is 0 Å². The highest BCUT2D eigenvalue weighted by Crippen LogP contribution is 2.30. The van der Waals surface area contributed by atoms with Gasteiger partial charge in [0.25, 0.3) is 0 Å². The van der Waals surface area contributed by atoms with E-state index in [9.17, 15) is 4.79 Å². The summed E-state index contributed by atoms with van der Waals surface area (Å²) in [7, 11) is 0. The van der Waals surface area contributed by atoms with Crippen molar-refractivity contribution >= 4 is 16.9 Å². The monoisotopic (exact) mass is 365 g/mol. The van der Waals surface area contributed by atoms with E-state index >= 15 is 0 Å². The van der Waals surface area contributed by atoms with Gasteiger partial charge < -0.3 is 14.6 Å². The number of aliphatic carboxylic acids is 1. The second-order valence-corrected chi connectivity index (χ2v) is 6.29. The lowest BCUT2D eigenvalue weighted by Gasteiger charge is -2.12. The van der Waals surface area contributed by atoms with Crippen LogP contribution in [0.1, 0.15) is 31.2 Å². The number of ether oxygens (including phenoxy) is 2. The predicted octanol–water partition coefficient (Wildman–Crippen LogP) is 4.84. The standard InChI is InChI=1S/C22H23NO4/c24-21(25)12-5-2-6-15-26-19-13-14-23-22-18(19)10-7-11-20(22)27-16-17-8-3-1-4-9-17/h1,3-4,7-11,13-14H,2,5-6,12,15-16H2,(H,24,25). The molecule has 0 bridgehead atoms. The average Bonchev–Trinajstić information content (AvgIpc) is 2.69. The van der Waals surface area contributed by atoms with E-state index in [4.69, 9.17) is 14.6 Å². The van der Waals surface area contributed by atoms with Crippen molar-refractivity contribution in [1.82, 2.24) is 4.98 Å². The summed E-state index contributed by atoms with van der Waals surface area (Å²) < 4.78 is 11.9. The van der Waals surface area contributed by atoms with Gasteiger partial charge in [-0.2, -0.15) is 0 Å². The van der Waals surface area contributed by atoms with E-state index < -0.39 is 5.97 Å². The van der Waals surface area contributed by atoms with Gasteiger partial charge in [0.05, 0.1) is 6.61 Å². The Morgan fingerprint density at radius 1 is 0.889 bits per heavy atom. The SMILES string of the molecule is O=C(O)CCCCCOc1ccnc2c(OCc3ccccc3)cccc12. The van der Waals surface area contributed by atoms with Crippen LogP contribution in [0.25, 0.3) is 10.9 Å². The number of carbonyl (C=O) groups is 1. The lowest BCUT2D eigenvalue weighted by atomic mass is 10.2. The molecule has 27 heavy (non-hydrogen) atoms. The maximum absolute atomic E-state index is 10.5. The first-order valence-electron chi connectivity index (χ1n) is 9.13. The molecule has 0 aliphatic carbocycles. The number of rotatable bonds is 10. The molecule has 0 saturated carbocycles. The zero-order valence-electron chi connectivity index (χ0n) is 15.1. The van der Waals surface area contributed by atoms with Gasteiger partial charge in [-0.1, -0.05) is 36.4 Å².